The van der Waals surface area contributed by atoms with Crippen LogP contribution in [0.2, 0.25) is 0 Å². The van der Waals surface area contributed by atoms with Gasteiger partial charge in [-0.25, -0.2) is 0 Å². The second kappa shape index (κ2) is 9.52. The third kappa shape index (κ3) is 7.71. The molecule has 3 amide bonds. The Morgan fingerprint density at radius 1 is 0.905 bits per heavy atom. The van der Waals surface area contributed by atoms with E-state index >= 15 is 0 Å². The maximum absolute atomic E-state index is 11.6. The van der Waals surface area contributed by atoms with Crippen LogP contribution in [0, 0.1) is 0 Å². The Labute approximate surface area is 124 Å². The highest BCUT2D eigenvalue weighted by Gasteiger charge is 2.06. The molecule has 1 rings (SSSR count). The van der Waals surface area contributed by atoms with Crippen molar-refractivity contribution in [3.8, 4) is 0 Å². The summed E-state index contributed by atoms with van der Waals surface area (Å²) in [5.41, 5.74) is 0.927. The number of amides is 3. The predicted molar refractivity (Wildman–Crippen MR) is 79.5 cm³/mol. The van der Waals surface area contributed by atoms with Crippen molar-refractivity contribution in [3.05, 3.63) is 35.9 Å². The van der Waals surface area contributed by atoms with Crippen molar-refractivity contribution in [2.24, 2.45) is 0 Å². The van der Waals surface area contributed by atoms with E-state index in [1.54, 1.807) is 0 Å². The van der Waals surface area contributed by atoms with Gasteiger partial charge in [-0.3, -0.25) is 14.4 Å². The summed E-state index contributed by atoms with van der Waals surface area (Å²) >= 11 is 0. The number of carbonyl (C=O) groups is 3. The average molecular weight is 291 g/mol. The van der Waals surface area contributed by atoms with Gasteiger partial charge in [0.1, 0.15) is 0 Å². The van der Waals surface area contributed by atoms with Crippen LogP contribution in [-0.2, 0) is 20.8 Å². The molecule has 6 nitrogen and oxygen atoms in total. The first-order valence-corrected chi connectivity index (χ1v) is 6.96. The predicted octanol–water partition coefficient (Wildman–Crippen LogP) is -0.0123. The Balaban J connectivity index is 2.14. The summed E-state index contributed by atoms with van der Waals surface area (Å²) in [6.45, 7) is 2.56. The lowest BCUT2D eigenvalue weighted by atomic mass is 10.1. The number of likely N-dealkylation sites (N-methyl/N-ethyl adjacent to an activating group) is 1. The Hall–Kier alpha value is -2.37. The maximum atomic E-state index is 11.6. The van der Waals surface area contributed by atoms with Gasteiger partial charge in [-0.2, -0.15) is 0 Å². The molecule has 0 atom stereocenters. The maximum Gasteiger partial charge on any atom is 0.239 e. The first kappa shape index (κ1) is 16.7. The van der Waals surface area contributed by atoms with Gasteiger partial charge in [0.2, 0.25) is 17.7 Å². The molecule has 0 radical (unpaired) electrons. The van der Waals surface area contributed by atoms with Gasteiger partial charge in [0, 0.05) is 19.5 Å². The van der Waals surface area contributed by atoms with Gasteiger partial charge in [-0.05, 0) is 12.5 Å². The van der Waals surface area contributed by atoms with Crippen molar-refractivity contribution in [3.63, 3.8) is 0 Å². The summed E-state index contributed by atoms with van der Waals surface area (Å²) < 4.78 is 0. The standard InChI is InChI=1S/C15H21N3O3/c1-2-16-15(21)11-18-13(19)8-9-17-14(20)10-12-6-4-3-5-7-12/h3-7H,2,8-11H2,1H3,(H,16,21)(H,17,20)(H,18,19). The Morgan fingerprint density at radius 3 is 2.29 bits per heavy atom. The molecule has 0 aliphatic rings. The zero-order chi connectivity index (χ0) is 15.5. The summed E-state index contributed by atoms with van der Waals surface area (Å²) in [6, 6.07) is 9.38. The minimum absolute atomic E-state index is 0.0371. The molecule has 0 spiro atoms. The molecule has 0 saturated carbocycles. The lowest BCUT2D eigenvalue weighted by Crippen LogP contribution is -2.38. The first-order valence-electron chi connectivity index (χ1n) is 6.96. The van der Waals surface area contributed by atoms with Gasteiger partial charge in [0.15, 0.2) is 0 Å². The molecular formula is C15H21N3O3. The zero-order valence-corrected chi connectivity index (χ0v) is 12.1. The second-order valence-electron chi connectivity index (χ2n) is 4.49. The SMILES string of the molecule is CCNC(=O)CNC(=O)CCNC(=O)Cc1ccccc1. The van der Waals surface area contributed by atoms with E-state index in [1.807, 2.05) is 37.3 Å². The number of carbonyl (C=O) groups excluding carboxylic acids is 3. The fraction of sp³-hybridized carbons (Fsp3) is 0.400. The molecular weight excluding hydrogens is 270 g/mol. The highest BCUT2D eigenvalue weighted by molar-refractivity contribution is 5.85. The average Bonchev–Trinajstić information content (AvgIpc) is 2.46. The van der Waals surface area contributed by atoms with Crippen LogP contribution in [0.3, 0.4) is 0 Å². The normalized spacial score (nSPS) is 9.76. The summed E-state index contributed by atoms with van der Waals surface area (Å²) in [5.74, 6) is -0.613. The molecule has 0 aromatic heterocycles. The van der Waals surface area contributed by atoms with E-state index in [9.17, 15) is 14.4 Å². The third-order valence-electron chi connectivity index (χ3n) is 2.70. The summed E-state index contributed by atoms with van der Waals surface area (Å²) in [7, 11) is 0. The number of nitrogens with one attached hydrogen (secondary N) is 3. The molecule has 3 N–H and O–H groups in total. The van der Waals surface area contributed by atoms with Crippen molar-refractivity contribution in [2.75, 3.05) is 19.6 Å². The molecule has 1 aromatic carbocycles. The van der Waals surface area contributed by atoms with Crippen molar-refractivity contribution < 1.29 is 14.4 Å². The highest BCUT2D eigenvalue weighted by Crippen LogP contribution is 1.98. The number of benzene rings is 1. The fourth-order valence-electron chi connectivity index (χ4n) is 1.69. The Kier molecular flexibility index (Phi) is 7.56. The molecule has 6 heteroatoms. The van der Waals surface area contributed by atoms with Crippen LogP contribution in [-0.4, -0.2) is 37.4 Å². The Bertz CT molecular complexity index is 474. The van der Waals surface area contributed by atoms with Crippen molar-refractivity contribution in [2.45, 2.75) is 19.8 Å². The highest BCUT2D eigenvalue weighted by atomic mass is 16.2. The van der Waals surface area contributed by atoms with Crippen molar-refractivity contribution in [1.29, 1.82) is 0 Å². The van der Waals surface area contributed by atoms with Crippen LogP contribution < -0.4 is 16.0 Å². The summed E-state index contributed by atoms with van der Waals surface area (Å²) in [5, 5.41) is 7.74. The van der Waals surface area contributed by atoms with E-state index in [4.69, 9.17) is 0 Å². The van der Waals surface area contributed by atoms with Crippen LogP contribution in [0.1, 0.15) is 18.9 Å². The third-order valence-corrected chi connectivity index (χ3v) is 2.70. The lowest BCUT2D eigenvalue weighted by Gasteiger charge is -2.07. The molecule has 1 aromatic rings. The van der Waals surface area contributed by atoms with E-state index in [1.165, 1.54) is 0 Å². The molecule has 0 aliphatic carbocycles. The van der Waals surface area contributed by atoms with Crippen LogP contribution in [0.5, 0.6) is 0 Å². The summed E-state index contributed by atoms with van der Waals surface area (Å²) in [4.78, 5) is 34.2. The molecule has 0 unspecified atom stereocenters. The largest absolute Gasteiger partial charge is 0.355 e. The topological polar surface area (TPSA) is 87.3 Å². The molecule has 0 fully saturated rings. The van der Waals surface area contributed by atoms with Crippen LogP contribution in [0.25, 0.3) is 0 Å². The molecule has 114 valence electrons. The molecule has 0 bridgehead atoms. The fourth-order valence-corrected chi connectivity index (χ4v) is 1.69. The van der Waals surface area contributed by atoms with E-state index in [0.29, 0.717) is 13.0 Å². The van der Waals surface area contributed by atoms with Gasteiger partial charge in [0.25, 0.3) is 0 Å². The van der Waals surface area contributed by atoms with Gasteiger partial charge < -0.3 is 16.0 Å². The van der Waals surface area contributed by atoms with Crippen molar-refractivity contribution in [1.82, 2.24) is 16.0 Å². The van der Waals surface area contributed by atoms with Crippen LogP contribution >= 0.6 is 0 Å². The minimum atomic E-state index is -0.263. The van der Waals surface area contributed by atoms with Crippen LogP contribution in [0.15, 0.2) is 30.3 Å². The monoisotopic (exact) mass is 291 g/mol. The molecule has 0 heterocycles. The zero-order valence-electron chi connectivity index (χ0n) is 12.1. The van der Waals surface area contributed by atoms with Gasteiger partial charge in [0.05, 0.1) is 13.0 Å². The van der Waals surface area contributed by atoms with Crippen molar-refractivity contribution >= 4 is 17.7 Å². The molecule has 0 aliphatic heterocycles. The van der Waals surface area contributed by atoms with E-state index < -0.39 is 0 Å². The number of hydrogen-bond acceptors (Lipinski definition) is 3. The lowest BCUT2D eigenvalue weighted by molar-refractivity contribution is -0.126. The number of rotatable bonds is 8. The van der Waals surface area contributed by atoms with E-state index in [-0.39, 0.29) is 37.2 Å². The Morgan fingerprint density at radius 2 is 1.62 bits per heavy atom. The number of hydrogen-bond donors (Lipinski definition) is 3. The summed E-state index contributed by atoms with van der Waals surface area (Å²) in [6.07, 6.45) is 0.446. The van der Waals surface area contributed by atoms with Gasteiger partial charge in [-0.1, -0.05) is 30.3 Å². The second-order valence-corrected chi connectivity index (χ2v) is 4.49. The van der Waals surface area contributed by atoms with Crippen LogP contribution in [0.4, 0.5) is 0 Å². The smallest absolute Gasteiger partial charge is 0.239 e. The van der Waals surface area contributed by atoms with E-state index in [2.05, 4.69) is 16.0 Å². The minimum Gasteiger partial charge on any atom is -0.355 e. The molecule has 21 heavy (non-hydrogen) atoms. The van der Waals surface area contributed by atoms with Gasteiger partial charge in [-0.15, -0.1) is 0 Å². The molecule has 0 saturated heterocycles. The van der Waals surface area contributed by atoms with E-state index in [0.717, 1.165) is 5.56 Å². The first-order chi connectivity index (χ1) is 10.1. The van der Waals surface area contributed by atoms with Gasteiger partial charge >= 0.3 is 0 Å². The quantitative estimate of drug-likeness (QED) is 0.629.